The van der Waals surface area contributed by atoms with E-state index in [9.17, 15) is 9.59 Å². The Bertz CT molecular complexity index is 1200. The normalized spacial score (nSPS) is 15.5. The molecule has 2 aromatic carbocycles. The van der Waals surface area contributed by atoms with Crippen molar-refractivity contribution in [1.29, 1.82) is 0 Å². The highest BCUT2D eigenvalue weighted by Gasteiger charge is 2.35. The molecule has 0 spiro atoms. The maximum Gasteiger partial charge on any atom is 0.293 e. The second-order valence-electron chi connectivity index (χ2n) is 7.01. The van der Waals surface area contributed by atoms with Crippen molar-refractivity contribution in [2.75, 3.05) is 0 Å². The molecule has 30 heavy (non-hydrogen) atoms. The van der Waals surface area contributed by atoms with E-state index in [1.165, 1.54) is 4.90 Å². The molecule has 1 aliphatic heterocycles. The third-order valence-electron chi connectivity index (χ3n) is 4.95. The van der Waals surface area contributed by atoms with Gasteiger partial charge in [-0.1, -0.05) is 47.5 Å². The lowest BCUT2D eigenvalue weighted by Crippen LogP contribution is -2.27. The first-order chi connectivity index (χ1) is 14.3. The molecule has 1 aliphatic rings. The first-order valence-corrected chi connectivity index (χ1v) is 10.9. The van der Waals surface area contributed by atoms with Gasteiger partial charge in [0.1, 0.15) is 0 Å². The number of benzene rings is 2. The molecule has 4 nitrogen and oxygen atoms in total. The summed E-state index contributed by atoms with van der Waals surface area (Å²) in [5, 5.41) is 0.931. The van der Waals surface area contributed by atoms with Crippen LogP contribution in [0.1, 0.15) is 22.5 Å². The van der Waals surface area contributed by atoms with Crippen LogP contribution in [-0.4, -0.2) is 20.6 Å². The molecule has 0 N–H and O–H groups in total. The minimum atomic E-state index is -0.299. The van der Waals surface area contributed by atoms with Crippen LogP contribution in [-0.2, 0) is 11.3 Å². The number of carbonyl (C=O) groups is 2. The largest absolute Gasteiger partial charge is 0.316 e. The molecule has 1 aromatic heterocycles. The van der Waals surface area contributed by atoms with Gasteiger partial charge in [0.2, 0.25) is 0 Å². The molecule has 2 amide bonds. The lowest BCUT2D eigenvalue weighted by molar-refractivity contribution is -0.123. The van der Waals surface area contributed by atoms with E-state index in [1.807, 2.05) is 54.8 Å². The minimum Gasteiger partial charge on any atom is -0.316 e. The second kappa shape index (κ2) is 8.34. The van der Waals surface area contributed by atoms with Gasteiger partial charge >= 0.3 is 0 Å². The number of hydrogen-bond donors (Lipinski definition) is 0. The number of aryl methyl sites for hydroxylation is 1. The van der Waals surface area contributed by atoms with Gasteiger partial charge in [-0.2, -0.15) is 0 Å². The van der Waals surface area contributed by atoms with Gasteiger partial charge in [-0.15, -0.1) is 0 Å². The topological polar surface area (TPSA) is 42.3 Å². The maximum atomic E-state index is 12.9. The monoisotopic (exact) mass is 456 g/mol. The Hall–Kier alpha value is -2.47. The van der Waals surface area contributed by atoms with Crippen LogP contribution in [0, 0.1) is 13.8 Å². The first-order valence-electron chi connectivity index (χ1n) is 9.29. The Morgan fingerprint density at radius 2 is 1.77 bits per heavy atom. The van der Waals surface area contributed by atoms with Gasteiger partial charge in [0, 0.05) is 16.4 Å². The van der Waals surface area contributed by atoms with Crippen molar-refractivity contribution in [2.24, 2.45) is 0 Å². The van der Waals surface area contributed by atoms with Crippen LogP contribution in [0.15, 0.2) is 59.5 Å². The summed E-state index contributed by atoms with van der Waals surface area (Å²) >= 11 is 13.3. The number of nitrogens with zero attached hydrogens (tertiary/aromatic N) is 2. The van der Waals surface area contributed by atoms with Crippen LogP contribution < -0.4 is 0 Å². The van der Waals surface area contributed by atoms with Crippen molar-refractivity contribution in [3.63, 3.8) is 0 Å². The third kappa shape index (κ3) is 3.93. The zero-order chi connectivity index (χ0) is 21.4. The molecule has 1 fully saturated rings. The highest BCUT2D eigenvalue weighted by Crippen LogP contribution is 2.35. The summed E-state index contributed by atoms with van der Waals surface area (Å²) in [5.74, 6) is -0.299. The van der Waals surface area contributed by atoms with Crippen molar-refractivity contribution < 1.29 is 9.59 Å². The van der Waals surface area contributed by atoms with Gasteiger partial charge < -0.3 is 4.57 Å². The number of para-hydroxylation sites is 1. The molecule has 7 heteroatoms. The summed E-state index contributed by atoms with van der Waals surface area (Å²) in [4.78, 5) is 27.0. The molecule has 0 aliphatic carbocycles. The Labute approximate surface area is 189 Å². The fraction of sp³-hybridized carbons (Fsp3) is 0.130. The average Bonchev–Trinajstić information content (AvgIpc) is 3.12. The third-order valence-corrected chi connectivity index (χ3v) is 6.42. The Balaban J connectivity index is 1.64. The number of thioether (sulfide) groups is 1. The quantitative estimate of drug-likeness (QED) is 0.413. The van der Waals surface area contributed by atoms with Crippen LogP contribution in [0.2, 0.25) is 10.0 Å². The van der Waals surface area contributed by atoms with Crippen molar-refractivity contribution in [3.8, 4) is 5.69 Å². The molecule has 0 unspecified atom stereocenters. The highest BCUT2D eigenvalue weighted by molar-refractivity contribution is 8.18. The number of halogens is 2. The summed E-state index contributed by atoms with van der Waals surface area (Å²) in [5.41, 5.74) is 4.50. The van der Waals surface area contributed by atoms with Gasteiger partial charge in [0.05, 0.1) is 22.2 Å². The second-order valence-corrected chi connectivity index (χ2v) is 8.85. The van der Waals surface area contributed by atoms with Crippen LogP contribution >= 0.6 is 35.0 Å². The molecule has 4 rings (SSSR count). The van der Waals surface area contributed by atoms with Gasteiger partial charge in [-0.3, -0.25) is 14.5 Å². The van der Waals surface area contributed by atoms with E-state index >= 15 is 0 Å². The van der Waals surface area contributed by atoms with E-state index in [0.29, 0.717) is 15.0 Å². The Kier molecular flexibility index (Phi) is 5.78. The zero-order valence-corrected chi connectivity index (χ0v) is 18.7. The van der Waals surface area contributed by atoms with Crippen molar-refractivity contribution >= 4 is 52.2 Å². The van der Waals surface area contributed by atoms with E-state index in [-0.39, 0.29) is 17.7 Å². The fourth-order valence-electron chi connectivity index (χ4n) is 3.53. The van der Waals surface area contributed by atoms with E-state index in [4.69, 9.17) is 23.2 Å². The molecular formula is C23H18Cl2N2O2S. The smallest absolute Gasteiger partial charge is 0.293 e. The summed E-state index contributed by atoms with van der Waals surface area (Å²) < 4.78 is 2.05. The predicted octanol–water partition coefficient (Wildman–Crippen LogP) is 6.64. The SMILES string of the molecule is Cc1cc(/C=C2\SC(=O)N(Cc3cccc(Cl)c3)C2=O)c(C)n1-c1ccccc1Cl. The number of aromatic nitrogens is 1. The molecule has 0 atom stereocenters. The van der Waals surface area contributed by atoms with Gasteiger partial charge in [0.15, 0.2) is 0 Å². The fourth-order valence-corrected chi connectivity index (χ4v) is 4.80. The van der Waals surface area contributed by atoms with Crippen LogP contribution in [0.3, 0.4) is 0 Å². The number of imide groups is 1. The summed E-state index contributed by atoms with van der Waals surface area (Å²) in [7, 11) is 0. The van der Waals surface area contributed by atoms with E-state index in [0.717, 1.165) is 40.0 Å². The lowest BCUT2D eigenvalue weighted by Gasteiger charge is -2.12. The number of amides is 2. The van der Waals surface area contributed by atoms with Gasteiger partial charge in [-0.25, -0.2) is 0 Å². The van der Waals surface area contributed by atoms with E-state index in [1.54, 1.807) is 24.3 Å². The van der Waals surface area contributed by atoms with Crippen molar-refractivity contribution in [2.45, 2.75) is 20.4 Å². The molecule has 3 aromatic rings. The van der Waals surface area contributed by atoms with Gasteiger partial charge in [0.25, 0.3) is 11.1 Å². The molecule has 152 valence electrons. The molecule has 0 saturated carbocycles. The number of rotatable bonds is 4. The standard InChI is InChI=1S/C23H18Cl2N2O2S/c1-14-10-17(15(2)27(14)20-9-4-3-8-19(20)25)12-21-22(28)26(23(29)30-21)13-16-6-5-7-18(24)11-16/h3-12H,13H2,1-2H3/b21-12-. The maximum absolute atomic E-state index is 12.9. The number of hydrogen-bond acceptors (Lipinski definition) is 3. The first kappa shape index (κ1) is 20.8. The van der Waals surface area contributed by atoms with Crippen LogP contribution in [0.25, 0.3) is 11.8 Å². The summed E-state index contributed by atoms with van der Waals surface area (Å²) in [6, 6.07) is 16.8. The van der Waals surface area contributed by atoms with E-state index in [2.05, 4.69) is 0 Å². The molecule has 2 heterocycles. The van der Waals surface area contributed by atoms with Gasteiger partial charge in [-0.05, 0) is 73.1 Å². The molecule has 1 saturated heterocycles. The summed E-state index contributed by atoms with van der Waals surface area (Å²) in [6.45, 7) is 4.15. The predicted molar refractivity (Wildman–Crippen MR) is 123 cm³/mol. The Morgan fingerprint density at radius 1 is 1.00 bits per heavy atom. The molecular weight excluding hydrogens is 439 g/mol. The average molecular weight is 457 g/mol. The van der Waals surface area contributed by atoms with Crippen LogP contribution in [0.4, 0.5) is 4.79 Å². The highest BCUT2D eigenvalue weighted by atomic mass is 35.5. The molecule has 0 bridgehead atoms. The van der Waals surface area contributed by atoms with Crippen molar-refractivity contribution in [1.82, 2.24) is 9.47 Å². The number of carbonyl (C=O) groups excluding carboxylic acids is 2. The Morgan fingerprint density at radius 3 is 2.50 bits per heavy atom. The zero-order valence-electron chi connectivity index (χ0n) is 16.4. The lowest BCUT2D eigenvalue weighted by atomic mass is 10.2. The summed E-state index contributed by atoms with van der Waals surface area (Å²) in [6.07, 6.45) is 1.78. The minimum absolute atomic E-state index is 0.196. The molecule has 0 radical (unpaired) electrons. The van der Waals surface area contributed by atoms with E-state index < -0.39 is 0 Å². The van der Waals surface area contributed by atoms with Crippen LogP contribution in [0.5, 0.6) is 0 Å². The van der Waals surface area contributed by atoms with Crippen molar-refractivity contribution in [3.05, 3.63) is 92.1 Å².